The smallest absolute Gasteiger partial charge is 0.239 e. The highest BCUT2D eigenvalue weighted by atomic mass is 32.2. The van der Waals surface area contributed by atoms with Crippen molar-refractivity contribution in [1.29, 1.82) is 0 Å². The van der Waals surface area contributed by atoms with Gasteiger partial charge in [0.05, 0.1) is 4.90 Å². The number of H-pyrrole nitrogens is 1. The maximum Gasteiger partial charge on any atom is 0.239 e. The predicted octanol–water partition coefficient (Wildman–Crippen LogP) is 1.27. The Morgan fingerprint density at radius 1 is 1.25 bits per heavy atom. The summed E-state index contributed by atoms with van der Waals surface area (Å²) >= 11 is 0.859. The van der Waals surface area contributed by atoms with Crippen LogP contribution in [0.2, 0.25) is 0 Å². The third-order valence-electron chi connectivity index (χ3n) is 2.86. The van der Waals surface area contributed by atoms with Gasteiger partial charge in [0.1, 0.15) is 0 Å². The Morgan fingerprint density at radius 3 is 2.67 bits per heavy atom. The van der Waals surface area contributed by atoms with Gasteiger partial charge in [-0.3, -0.25) is 4.79 Å². The Morgan fingerprint density at radius 2 is 2.00 bits per heavy atom. The normalized spacial score (nSPS) is 12.2. The number of aliphatic hydroxyl groups is 1. The number of ketones is 1. The highest BCUT2D eigenvalue weighted by Gasteiger charge is 2.22. The first-order valence-corrected chi connectivity index (χ1v) is 8.79. The summed E-state index contributed by atoms with van der Waals surface area (Å²) in [5.74, 6) is -1.33. The van der Waals surface area contributed by atoms with E-state index < -0.39 is 21.4 Å². The van der Waals surface area contributed by atoms with E-state index in [9.17, 15) is 18.3 Å². The van der Waals surface area contributed by atoms with Crippen LogP contribution in [0.25, 0.3) is 5.76 Å². The summed E-state index contributed by atoms with van der Waals surface area (Å²) in [6, 6.07) is 7.77. The summed E-state index contributed by atoms with van der Waals surface area (Å²) in [6.07, 6.45) is 0.850. The van der Waals surface area contributed by atoms with Gasteiger partial charge in [0, 0.05) is 11.5 Å². The van der Waals surface area contributed by atoms with Crippen molar-refractivity contribution in [1.82, 2.24) is 25.6 Å². The van der Waals surface area contributed by atoms with Gasteiger partial charge in [-0.2, -0.15) is 5.21 Å². The molecule has 0 bridgehead atoms. The van der Waals surface area contributed by atoms with Gasteiger partial charge in [0.15, 0.2) is 15.8 Å². The average Bonchev–Trinajstić information content (AvgIpc) is 3.27. The fourth-order valence-corrected chi connectivity index (χ4v) is 4.01. The van der Waals surface area contributed by atoms with Crippen LogP contribution in [0.15, 0.2) is 51.7 Å². The van der Waals surface area contributed by atoms with Gasteiger partial charge in [0.25, 0.3) is 0 Å². The first-order chi connectivity index (χ1) is 11.5. The van der Waals surface area contributed by atoms with E-state index in [4.69, 9.17) is 0 Å². The van der Waals surface area contributed by atoms with Crippen LogP contribution in [0.1, 0.15) is 15.6 Å². The number of aliphatic hydroxyl groups excluding tert-OH is 1. The molecular formula is C13H9N5O4S2. The molecule has 2 heterocycles. The fourth-order valence-electron chi connectivity index (χ4n) is 1.74. The highest BCUT2D eigenvalue weighted by molar-refractivity contribution is 7.91. The van der Waals surface area contributed by atoms with E-state index in [1.54, 1.807) is 18.2 Å². The Labute approximate surface area is 139 Å². The Balaban J connectivity index is 1.88. The van der Waals surface area contributed by atoms with Crippen molar-refractivity contribution in [2.24, 2.45) is 0 Å². The van der Waals surface area contributed by atoms with Crippen LogP contribution in [0.5, 0.6) is 0 Å². The summed E-state index contributed by atoms with van der Waals surface area (Å²) in [4.78, 5) is 16.0. The van der Waals surface area contributed by atoms with Gasteiger partial charge in [-0.1, -0.05) is 18.2 Å². The molecule has 0 aliphatic heterocycles. The molecule has 0 aliphatic carbocycles. The molecule has 0 spiro atoms. The van der Waals surface area contributed by atoms with Crippen molar-refractivity contribution >= 4 is 32.7 Å². The molecular weight excluding hydrogens is 354 g/mol. The number of aromatic amines is 1. The molecule has 11 heteroatoms. The van der Waals surface area contributed by atoms with Crippen LogP contribution in [-0.2, 0) is 9.84 Å². The third-order valence-corrected chi connectivity index (χ3v) is 5.52. The molecule has 1 aromatic carbocycles. The number of sulfone groups is 1. The van der Waals surface area contributed by atoms with Crippen LogP contribution in [-0.4, -0.2) is 44.9 Å². The summed E-state index contributed by atoms with van der Waals surface area (Å²) in [5.41, 5.74) is 0. The molecule has 2 N–H and O–H groups in total. The maximum atomic E-state index is 12.4. The zero-order valence-electron chi connectivity index (χ0n) is 11.8. The molecule has 0 saturated carbocycles. The van der Waals surface area contributed by atoms with E-state index in [1.807, 2.05) is 0 Å². The van der Waals surface area contributed by atoms with E-state index in [0.29, 0.717) is 0 Å². The van der Waals surface area contributed by atoms with Crippen molar-refractivity contribution < 1.29 is 18.3 Å². The molecule has 3 aromatic rings. The van der Waals surface area contributed by atoms with Gasteiger partial charge in [0.2, 0.25) is 21.4 Å². The predicted molar refractivity (Wildman–Crippen MR) is 83.1 cm³/mol. The zero-order chi connectivity index (χ0) is 17.2. The Bertz CT molecular complexity index is 994. The van der Waals surface area contributed by atoms with Crippen LogP contribution < -0.4 is 0 Å². The number of allylic oxidation sites excluding steroid dienone is 1. The molecule has 0 amide bonds. The average molecular weight is 363 g/mol. The SMILES string of the molecule is O=C(C=C(O)c1nn[nH]n1)c1nc(S(=O)(=O)c2ccccc2)cs1. The number of benzene rings is 1. The fraction of sp³-hybridized carbons (Fsp3) is 0. The number of carbonyl (C=O) groups is 1. The first kappa shape index (κ1) is 16.0. The van der Waals surface area contributed by atoms with Crippen molar-refractivity contribution in [2.75, 3.05) is 0 Å². The molecule has 0 unspecified atom stereocenters. The summed E-state index contributed by atoms with van der Waals surface area (Å²) < 4.78 is 24.8. The molecule has 0 fully saturated rings. The summed E-state index contributed by atoms with van der Waals surface area (Å²) in [5, 5.41) is 23.1. The molecule has 0 radical (unpaired) electrons. The molecule has 0 atom stereocenters. The minimum Gasteiger partial charge on any atom is -0.504 e. The molecule has 9 nitrogen and oxygen atoms in total. The van der Waals surface area contributed by atoms with Gasteiger partial charge in [-0.05, 0) is 17.3 Å². The second-order valence-corrected chi connectivity index (χ2v) is 7.19. The maximum absolute atomic E-state index is 12.4. The monoisotopic (exact) mass is 363 g/mol. The number of thiazole rings is 1. The number of hydrogen-bond acceptors (Lipinski definition) is 9. The lowest BCUT2D eigenvalue weighted by Gasteiger charge is -1.99. The quantitative estimate of drug-likeness (QED) is 0.392. The van der Waals surface area contributed by atoms with E-state index in [1.165, 1.54) is 17.5 Å². The lowest BCUT2D eigenvalue weighted by molar-refractivity contribution is 0.104. The number of rotatable bonds is 5. The van der Waals surface area contributed by atoms with E-state index in [-0.39, 0.29) is 20.8 Å². The number of aromatic nitrogens is 5. The number of nitrogens with one attached hydrogen (secondary N) is 1. The van der Waals surface area contributed by atoms with E-state index in [0.717, 1.165) is 17.4 Å². The molecule has 0 aliphatic rings. The minimum absolute atomic E-state index is 0.0829. The molecule has 3 rings (SSSR count). The second-order valence-electron chi connectivity index (χ2n) is 4.44. The number of hydrogen-bond donors (Lipinski definition) is 2. The van der Waals surface area contributed by atoms with Gasteiger partial charge < -0.3 is 5.11 Å². The van der Waals surface area contributed by atoms with Crippen LogP contribution in [0.4, 0.5) is 0 Å². The van der Waals surface area contributed by atoms with E-state index >= 15 is 0 Å². The second kappa shape index (κ2) is 6.29. The van der Waals surface area contributed by atoms with Crippen LogP contribution in [0, 0.1) is 0 Å². The first-order valence-electron chi connectivity index (χ1n) is 6.43. The topological polar surface area (TPSA) is 139 Å². The lowest BCUT2D eigenvalue weighted by atomic mass is 10.3. The highest BCUT2D eigenvalue weighted by Crippen LogP contribution is 2.23. The van der Waals surface area contributed by atoms with Gasteiger partial charge >= 0.3 is 0 Å². The summed E-state index contributed by atoms with van der Waals surface area (Å²) in [7, 11) is -3.80. The number of tetrazole rings is 1. The largest absolute Gasteiger partial charge is 0.504 e. The van der Waals surface area contributed by atoms with E-state index in [2.05, 4.69) is 25.6 Å². The van der Waals surface area contributed by atoms with Crippen molar-refractivity contribution in [2.45, 2.75) is 9.92 Å². The lowest BCUT2D eigenvalue weighted by Crippen LogP contribution is -2.04. The Hall–Kier alpha value is -2.92. The van der Waals surface area contributed by atoms with Crippen molar-refractivity contribution in [3.63, 3.8) is 0 Å². The Kier molecular flexibility index (Phi) is 4.18. The molecule has 0 saturated heterocycles. The van der Waals surface area contributed by atoms with Gasteiger partial charge in [-0.25, -0.2) is 13.4 Å². The third kappa shape index (κ3) is 3.07. The van der Waals surface area contributed by atoms with Crippen molar-refractivity contribution in [3.05, 3.63) is 52.6 Å². The van der Waals surface area contributed by atoms with Gasteiger partial charge in [-0.15, -0.1) is 21.5 Å². The zero-order valence-corrected chi connectivity index (χ0v) is 13.5. The van der Waals surface area contributed by atoms with Crippen LogP contribution in [0.3, 0.4) is 0 Å². The molecule has 2 aromatic heterocycles. The summed E-state index contributed by atoms with van der Waals surface area (Å²) in [6.45, 7) is 0. The standard InChI is InChI=1S/C13H9N5O4S2/c19-9(12-15-17-18-16-12)6-10(20)13-14-11(7-23-13)24(21,22)8-4-2-1-3-5-8/h1-7,19H,(H,15,16,17,18). The van der Waals surface area contributed by atoms with Crippen molar-refractivity contribution in [3.8, 4) is 0 Å². The minimum atomic E-state index is -3.80. The number of nitrogens with zero attached hydrogens (tertiary/aromatic N) is 4. The molecule has 24 heavy (non-hydrogen) atoms. The number of carbonyl (C=O) groups excluding carboxylic acids is 1. The van der Waals surface area contributed by atoms with Crippen LogP contribution >= 0.6 is 11.3 Å². The molecule has 122 valence electrons.